The van der Waals surface area contributed by atoms with E-state index in [1.165, 1.54) is 5.56 Å². The maximum atomic E-state index is 11.9. The number of likely N-dealkylation sites (N-methyl/N-ethyl adjacent to an activating group) is 1. The van der Waals surface area contributed by atoms with Crippen molar-refractivity contribution in [3.63, 3.8) is 0 Å². The molecule has 0 aliphatic carbocycles. The van der Waals surface area contributed by atoms with Crippen molar-refractivity contribution in [3.8, 4) is 5.75 Å². The van der Waals surface area contributed by atoms with Gasteiger partial charge in [0.05, 0.1) is 26.9 Å². The van der Waals surface area contributed by atoms with Crippen molar-refractivity contribution in [2.24, 2.45) is 5.92 Å². The summed E-state index contributed by atoms with van der Waals surface area (Å²) in [5.41, 5.74) is 1.27. The van der Waals surface area contributed by atoms with Gasteiger partial charge in [0.15, 0.2) is 0 Å². The molecule has 1 amide bonds. The second-order valence-corrected chi connectivity index (χ2v) is 6.02. The van der Waals surface area contributed by atoms with E-state index in [-0.39, 0.29) is 5.91 Å². The Morgan fingerprint density at radius 1 is 1.36 bits per heavy atom. The molecule has 1 aromatic rings. The molecule has 1 fully saturated rings. The average Bonchev–Trinajstić information content (AvgIpc) is 2.73. The highest BCUT2D eigenvalue weighted by Gasteiger charge is 2.21. The molecule has 1 aliphatic rings. The van der Waals surface area contributed by atoms with Crippen LogP contribution in [0.25, 0.3) is 0 Å². The van der Waals surface area contributed by atoms with Gasteiger partial charge >= 0.3 is 0 Å². The first kappa shape index (κ1) is 16.8. The second kappa shape index (κ2) is 8.15. The number of amides is 1. The molecule has 0 saturated carbocycles. The zero-order valence-electron chi connectivity index (χ0n) is 13.7. The van der Waals surface area contributed by atoms with Gasteiger partial charge in [0.1, 0.15) is 5.75 Å². The smallest absolute Gasteiger partial charge is 0.236 e. The molecule has 22 heavy (non-hydrogen) atoms. The highest BCUT2D eigenvalue weighted by Crippen LogP contribution is 2.17. The van der Waals surface area contributed by atoms with E-state index in [0.29, 0.717) is 19.1 Å². The van der Waals surface area contributed by atoms with Crippen molar-refractivity contribution >= 4 is 5.91 Å². The van der Waals surface area contributed by atoms with Gasteiger partial charge in [-0.15, -0.1) is 0 Å². The average molecular weight is 306 g/mol. The van der Waals surface area contributed by atoms with Gasteiger partial charge < -0.3 is 14.4 Å². The zero-order valence-corrected chi connectivity index (χ0v) is 13.7. The van der Waals surface area contributed by atoms with Crippen molar-refractivity contribution in [1.82, 2.24) is 9.80 Å². The van der Waals surface area contributed by atoms with Crippen molar-refractivity contribution in [1.29, 1.82) is 0 Å². The number of methoxy groups -OCH3 is 1. The maximum absolute atomic E-state index is 11.9. The largest absolute Gasteiger partial charge is 0.497 e. The van der Waals surface area contributed by atoms with Gasteiger partial charge in [0, 0.05) is 27.2 Å². The summed E-state index contributed by atoms with van der Waals surface area (Å²) >= 11 is 0. The normalized spacial score (nSPS) is 19.5. The summed E-state index contributed by atoms with van der Waals surface area (Å²) in [5.74, 6) is 1.43. The molecular formula is C17H26N2O3. The predicted molar refractivity (Wildman–Crippen MR) is 86.1 cm³/mol. The van der Waals surface area contributed by atoms with Crippen molar-refractivity contribution in [2.45, 2.75) is 6.42 Å². The topological polar surface area (TPSA) is 42.0 Å². The number of hydrogen-bond acceptors (Lipinski definition) is 4. The Morgan fingerprint density at radius 2 is 2.09 bits per heavy atom. The van der Waals surface area contributed by atoms with Gasteiger partial charge in [-0.3, -0.25) is 9.69 Å². The molecule has 0 spiro atoms. The molecule has 0 unspecified atom stereocenters. The molecule has 1 heterocycles. The minimum Gasteiger partial charge on any atom is -0.497 e. The van der Waals surface area contributed by atoms with Crippen LogP contribution in [0.2, 0.25) is 0 Å². The van der Waals surface area contributed by atoms with Crippen molar-refractivity contribution in [2.75, 3.05) is 54.1 Å². The molecule has 122 valence electrons. The van der Waals surface area contributed by atoms with Crippen LogP contribution in [-0.4, -0.2) is 69.8 Å². The third-order valence-electron chi connectivity index (χ3n) is 3.96. The number of ether oxygens (including phenoxy) is 2. The predicted octanol–water partition coefficient (Wildman–Crippen LogP) is 1.27. The molecule has 5 heteroatoms. The van der Waals surface area contributed by atoms with E-state index >= 15 is 0 Å². The lowest BCUT2D eigenvalue weighted by atomic mass is 9.99. The van der Waals surface area contributed by atoms with E-state index in [4.69, 9.17) is 9.47 Å². The molecule has 0 aromatic heterocycles. The highest BCUT2D eigenvalue weighted by molar-refractivity contribution is 5.77. The Kier molecular flexibility index (Phi) is 6.21. The maximum Gasteiger partial charge on any atom is 0.236 e. The number of hydrogen-bond donors (Lipinski definition) is 0. The van der Waals surface area contributed by atoms with Crippen molar-refractivity contribution in [3.05, 3.63) is 29.8 Å². The Labute approximate surface area is 132 Å². The Bertz CT molecular complexity index is 473. The van der Waals surface area contributed by atoms with E-state index in [1.54, 1.807) is 26.1 Å². The molecular weight excluding hydrogens is 280 g/mol. The van der Waals surface area contributed by atoms with Gasteiger partial charge in [0.2, 0.25) is 5.91 Å². The van der Waals surface area contributed by atoms with Crippen LogP contribution in [0.4, 0.5) is 0 Å². The lowest BCUT2D eigenvalue weighted by molar-refractivity contribution is -0.129. The quantitative estimate of drug-likeness (QED) is 0.822. The van der Waals surface area contributed by atoms with Crippen LogP contribution in [0.1, 0.15) is 5.56 Å². The van der Waals surface area contributed by atoms with Gasteiger partial charge in [-0.1, -0.05) is 12.1 Å². The molecule has 0 radical (unpaired) electrons. The van der Waals surface area contributed by atoms with Crippen LogP contribution in [-0.2, 0) is 16.0 Å². The summed E-state index contributed by atoms with van der Waals surface area (Å²) < 4.78 is 10.9. The zero-order chi connectivity index (χ0) is 15.9. The number of rotatable bonds is 5. The fourth-order valence-corrected chi connectivity index (χ4v) is 2.65. The number of benzene rings is 1. The molecule has 1 saturated heterocycles. The van der Waals surface area contributed by atoms with Crippen LogP contribution in [0.3, 0.4) is 0 Å². The molecule has 1 atom stereocenters. The third kappa shape index (κ3) is 5.00. The van der Waals surface area contributed by atoms with Crippen molar-refractivity contribution < 1.29 is 14.3 Å². The summed E-state index contributed by atoms with van der Waals surface area (Å²) in [7, 11) is 5.27. The lowest BCUT2D eigenvalue weighted by Gasteiger charge is -2.24. The van der Waals surface area contributed by atoms with E-state index in [2.05, 4.69) is 17.0 Å². The van der Waals surface area contributed by atoms with E-state index < -0.39 is 0 Å². The fourth-order valence-electron chi connectivity index (χ4n) is 2.65. The lowest BCUT2D eigenvalue weighted by Crippen LogP contribution is -2.39. The SMILES string of the molecule is COc1ccc(C[C@H]2COCCN(CC(=O)N(C)C)C2)cc1. The van der Waals surface area contributed by atoms with Gasteiger partial charge in [0.25, 0.3) is 0 Å². The molecule has 1 aliphatic heterocycles. The molecule has 5 nitrogen and oxygen atoms in total. The van der Waals surface area contributed by atoms with Gasteiger partial charge in [-0.25, -0.2) is 0 Å². The monoisotopic (exact) mass is 306 g/mol. The van der Waals surface area contributed by atoms with E-state index in [1.807, 2.05) is 12.1 Å². The van der Waals surface area contributed by atoms with Gasteiger partial charge in [-0.2, -0.15) is 0 Å². The Hall–Kier alpha value is -1.59. The first-order valence-corrected chi connectivity index (χ1v) is 7.71. The van der Waals surface area contributed by atoms with Gasteiger partial charge in [-0.05, 0) is 30.0 Å². The minimum absolute atomic E-state index is 0.144. The number of carbonyl (C=O) groups is 1. The van der Waals surface area contributed by atoms with Crippen LogP contribution in [0.15, 0.2) is 24.3 Å². The van der Waals surface area contributed by atoms with Crippen LogP contribution >= 0.6 is 0 Å². The Morgan fingerprint density at radius 3 is 2.73 bits per heavy atom. The summed E-state index contributed by atoms with van der Waals surface area (Å²) in [4.78, 5) is 15.7. The molecule has 0 bridgehead atoms. The van der Waals surface area contributed by atoms with Crippen LogP contribution < -0.4 is 4.74 Å². The summed E-state index contributed by atoms with van der Waals surface area (Å²) in [6.07, 6.45) is 0.955. The van der Waals surface area contributed by atoms with Crippen LogP contribution in [0.5, 0.6) is 5.75 Å². The molecule has 1 aromatic carbocycles. The third-order valence-corrected chi connectivity index (χ3v) is 3.96. The first-order valence-electron chi connectivity index (χ1n) is 7.71. The highest BCUT2D eigenvalue weighted by atomic mass is 16.5. The number of nitrogens with zero attached hydrogens (tertiary/aromatic N) is 2. The number of carbonyl (C=O) groups excluding carboxylic acids is 1. The summed E-state index contributed by atoms with van der Waals surface area (Å²) in [5, 5.41) is 0. The van der Waals surface area contributed by atoms with E-state index in [9.17, 15) is 4.79 Å². The molecule has 2 rings (SSSR count). The summed E-state index contributed by atoms with van der Waals surface area (Å²) in [6, 6.07) is 8.17. The standard InChI is InChI=1S/C17H26N2O3/c1-18(2)17(20)12-19-8-9-22-13-15(11-19)10-14-4-6-16(21-3)7-5-14/h4-7,15H,8-13H2,1-3H3/t15-/m1/s1. The molecule has 0 N–H and O–H groups in total. The second-order valence-electron chi connectivity index (χ2n) is 6.02. The fraction of sp³-hybridized carbons (Fsp3) is 0.588. The Balaban J connectivity index is 1.92. The van der Waals surface area contributed by atoms with E-state index in [0.717, 1.165) is 31.9 Å². The minimum atomic E-state index is 0.144. The van der Waals surface area contributed by atoms with Crippen LogP contribution in [0, 0.1) is 5.92 Å². The summed E-state index contributed by atoms with van der Waals surface area (Å²) in [6.45, 7) is 3.62. The first-order chi connectivity index (χ1) is 10.6.